The van der Waals surface area contributed by atoms with Gasteiger partial charge >= 0.3 is 250 Å². The van der Waals surface area contributed by atoms with Gasteiger partial charge in [-0.25, -0.2) is 0 Å². The fourth-order valence-electron chi connectivity index (χ4n) is 5.16. The molecule has 0 spiro atoms. The fourth-order valence-corrected chi connectivity index (χ4v) is 5.63. The number of furan rings is 1. The molecular weight excluding hydrogens is 564 g/mol. The maximum atomic E-state index is 7.50. The molecule has 2 heterocycles. The summed E-state index contributed by atoms with van der Waals surface area (Å²) in [6.45, 7) is 33.5. The minimum atomic E-state index is -0.0506. The summed E-state index contributed by atoms with van der Waals surface area (Å²) >= 11 is 3.18. The number of nitrogens with one attached hydrogen (secondary N) is 1. The summed E-state index contributed by atoms with van der Waals surface area (Å²) in [6.07, 6.45) is 7.14. The van der Waals surface area contributed by atoms with Crippen LogP contribution in [-0.4, -0.2) is 22.4 Å². The molecule has 1 N–H and O–H groups in total. The van der Waals surface area contributed by atoms with Gasteiger partial charge in [0.2, 0.25) is 0 Å². The number of benzene rings is 1. The van der Waals surface area contributed by atoms with Crippen molar-refractivity contribution >= 4 is 10.3 Å². The van der Waals surface area contributed by atoms with Gasteiger partial charge in [0, 0.05) is 0 Å². The van der Waals surface area contributed by atoms with Crippen LogP contribution in [0.5, 0.6) is 0 Å². The summed E-state index contributed by atoms with van der Waals surface area (Å²) in [6, 6.07) is 14.7. The van der Waals surface area contributed by atoms with Crippen LogP contribution in [0, 0.1) is 45.1 Å². The molecule has 1 fully saturated rings. The predicted molar refractivity (Wildman–Crippen MR) is 142 cm³/mol. The van der Waals surface area contributed by atoms with E-state index in [9.17, 15) is 0 Å². The van der Waals surface area contributed by atoms with Crippen molar-refractivity contribution in [1.82, 2.24) is 5.43 Å². The molecular formula is C31H32CrN2O7. The van der Waals surface area contributed by atoms with Crippen molar-refractivity contribution in [2.24, 2.45) is 16.9 Å². The van der Waals surface area contributed by atoms with Crippen molar-refractivity contribution in [2.75, 3.05) is 0 Å². The van der Waals surface area contributed by atoms with E-state index in [2.05, 4.69) is 117 Å². The molecule has 1 aliphatic heterocycles. The first-order valence-corrected chi connectivity index (χ1v) is 12.8. The van der Waals surface area contributed by atoms with E-state index in [1.165, 1.54) is 12.0 Å². The summed E-state index contributed by atoms with van der Waals surface area (Å²) in [5.41, 5.74) is 5.42. The Bertz CT molecular complexity index is 1130. The summed E-state index contributed by atoms with van der Waals surface area (Å²) in [4.78, 5) is 0. The van der Waals surface area contributed by atoms with Crippen molar-refractivity contribution in [3.05, 3.63) is 106 Å². The molecule has 214 valence electrons. The van der Waals surface area contributed by atoms with E-state index in [-0.39, 0.29) is 23.5 Å². The molecule has 0 saturated heterocycles. The van der Waals surface area contributed by atoms with Crippen LogP contribution in [0.2, 0.25) is 0 Å². The van der Waals surface area contributed by atoms with E-state index < -0.39 is 0 Å². The number of hydrazone groups is 1. The van der Waals surface area contributed by atoms with Gasteiger partial charge in [-0.3, -0.25) is 0 Å². The Labute approximate surface area is 250 Å². The molecule has 10 heteroatoms. The van der Waals surface area contributed by atoms with Gasteiger partial charge in [-0.2, -0.15) is 0 Å². The fraction of sp³-hybridized carbons (Fsp3) is 0.387. The number of rotatable bonds is 7. The number of hydrogen-bond acceptors (Lipinski definition) is 4. The Morgan fingerprint density at radius 1 is 1.00 bits per heavy atom. The van der Waals surface area contributed by atoms with E-state index >= 15 is 0 Å². The van der Waals surface area contributed by atoms with E-state index in [4.69, 9.17) is 32.4 Å². The Morgan fingerprint density at radius 3 is 2.10 bits per heavy atom. The van der Waals surface area contributed by atoms with Crippen molar-refractivity contribution in [3.8, 4) is 0 Å². The van der Waals surface area contributed by atoms with Gasteiger partial charge in [0.1, 0.15) is 0 Å². The first kappa shape index (κ1) is 39.9. The van der Waals surface area contributed by atoms with Gasteiger partial charge in [-0.1, -0.05) is 0 Å². The molecule has 2 aromatic rings. The van der Waals surface area contributed by atoms with Crippen LogP contribution in [0.3, 0.4) is 0 Å². The number of hydrogen-bond donors (Lipinski definition) is 1. The zero-order valence-corrected chi connectivity index (χ0v) is 24.4. The Morgan fingerprint density at radius 2 is 1.59 bits per heavy atom. The molecule has 0 unspecified atom stereocenters. The van der Waals surface area contributed by atoms with Gasteiger partial charge in [0.05, 0.1) is 0 Å². The van der Waals surface area contributed by atoms with Gasteiger partial charge in [-0.05, 0) is 0 Å². The molecule has 41 heavy (non-hydrogen) atoms. The van der Waals surface area contributed by atoms with Crippen LogP contribution in [0.1, 0.15) is 57.3 Å². The molecule has 0 radical (unpaired) electrons. The van der Waals surface area contributed by atoms with Gasteiger partial charge in [0.15, 0.2) is 0 Å². The van der Waals surface area contributed by atoms with Crippen molar-refractivity contribution in [1.29, 1.82) is 0 Å². The van der Waals surface area contributed by atoms with Crippen molar-refractivity contribution < 1.29 is 48.3 Å². The molecule has 1 aromatic carbocycles. The van der Waals surface area contributed by atoms with E-state index in [0.717, 1.165) is 28.9 Å². The maximum absolute atomic E-state index is 7.50. The summed E-state index contributed by atoms with van der Waals surface area (Å²) < 4.78 is 50.7. The summed E-state index contributed by atoms with van der Waals surface area (Å²) in [5.74, 6) is 1.88. The normalized spacial score (nSPS) is 21.9. The zero-order chi connectivity index (χ0) is 32.0. The number of nitrogens with zero attached hydrogens (tertiary/aromatic N) is 1. The average molecular weight is 597 g/mol. The molecule has 5 atom stereocenters. The second-order valence-electron chi connectivity index (χ2n) is 9.44. The van der Waals surface area contributed by atoms with Crippen molar-refractivity contribution in [3.63, 3.8) is 0 Å². The van der Waals surface area contributed by atoms with E-state index in [1.54, 1.807) is 6.26 Å². The molecule has 0 amide bonds. The zero-order valence-electron chi connectivity index (χ0n) is 23.1. The van der Waals surface area contributed by atoms with Crippen LogP contribution in [-0.2, 0) is 49.3 Å². The topological polar surface area (TPSA) is 146 Å². The Hall–Kier alpha value is -3.23. The Balaban J connectivity index is 0. The monoisotopic (exact) mass is 596 g/mol. The van der Waals surface area contributed by atoms with Crippen molar-refractivity contribution in [2.45, 2.75) is 63.5 Å². The molecule has 0 bridgehead atoms. The third kappa shape index (κ3) is 10.9. The average Bonchev–Trinajstić information content (AvgIpc) is 3.73. The molecule has 1 aliphatic carbocycles. The second kappa shape index (κ2) is 22.5. The molecule has 4 rings (SSSR count). The Kier molecular flexibility index (Phi) is 21.9. The molecule has 1 saturated carbocycles. The van der Waals surface area contributed by atoms with Crippen LogP contribution in [0.15, 0.2) is 70.9 Å². The quantitative estimate of drug-likeness (QED) is 0.267. The van der Waals surface area contributed by atoms with Crippen LogP contribution < -0.4 is 5.43 Å². The first-order valence-electron chi connectivity index (χ1n) is 12.2. The second-order valence-corrected chi connectivity index (χ2v) is 10.0. The summed E-state index contributed by atoms with van der Waals surface area (Å²) in [5, 5.41) is 4.60. The SMILES string of the molecule is C=C[C@@H]1NN=C([C](=[Cr])O[C@@H]2C[C@H](C)CC[C@H]2C(C)(C)c2ccccc2)[C@H]1c1ccco1.[C-]#[O+].[C-]#[O+].[C-]#[O+].[C-]#[O+].[C-]#[O+]. The van der Waals surface area contributed by atoms with Gasteiger partial charge < -0.3 is 0 Å². The minimum absolute atomic E-state index is 0.0186. The van der Waals surface area contributed by atoms with E-state index in [0.29, 0.717) is 11.8 Å². The van der Waals surface area contributed by atoms with Crippen LogP contribution in [0.25, 0.3) is 0 Å². The predicted octanol–water partition coefficient (Wildman–Crippen LogP) is 5.17. The van der Waals surface area contributed by atoms with Gasteiger partial charge in [-0.15, -0.1) is 0 Å². The van der Waals surface area contributed by atoms with Crippen LogP contribution >= 0.6 is 0 Å². The standard InChI is InChI=1S/C26H32N2O2.5CO.Cr/c1-5-21-25(23-12-9-15-29-23)22(28-27-21)17-30-24-16-18(2)13-14-20(24)26(3,4)19-10-7-6-8-11-19;5*1-2;/h5-12,15,18,20-21,24-25,27H,1,13-14,16H2,2-4H3;;;;;;/t18-,20-,21+,24-,25+;;;;;;/m1....../s1. The molecule has 1 aromatic heterocycles. The summed E-state index contributed by atoms with van der Waals surface area (Å²) in [7, 11) is 0. The first-order chi connectivity index (χ1) is 19.9. The third-order valence-electron chi connectivity index (χ3n) is 7.06. The molecule has 2 aliphatic rings. The van der Waals surface area contributed by atoms with Gasteiger partial charge in [0.25, 0.3) is 0 Å². The van der Waals surface area contributed by atoms with E-state index in [1.807, 2.05) is 18.2 Å². The molecule has 9 nitrogen and oxygen atoms in total. The third-order valence-corrected chi connectivity index (χ3v) is 7.53. The van der Waals surface area contributed by atoms with Crippen LogP contribution in [0.4, 0.5) is 0 Å². The number of ether oxygens (including phenoxy) is 1.